The molecule has 1 aromatic carbocycles. The predicted octanol–water partition coefficient (Wildman–Crippen LogP) is 2.87. The first kappa shape index (κ1) is 15.6. The molecule has 20 heavy (non-hydrogen) atoms. The Labute approximate surface area is 125 Å². The summed E-state index contributed by atoms with van der Waals surface area (Å²) in [5, 5.41) is 0. The number of nitrogens with zero attached hydrogens (tertiary/aromatic N) is 1. The van der Waals surface area contributed by atoms with Gasteiger partial charge in [-0.15, -0.1) is 11.6 Å². The second kappa shape index (κ2) is 7.29. The van der Waals surface area contributed by atoms with E-state index in [-0.39, 0.29) is 0 Å². The summed E-state index contributed by atoms with van der Waals surface area (Å²) in [7, 11) is -3.37. The van der Waals surface area contributed by atoms with Gasteiger partial charge in [0.05, 0.1) is 10.8 Å². The number of rotatable bonds is 5. The van der Waals surface area contributed by atoms with Gasteiger partial charge in [-0.05, 0) is 37.1 Å². The van der Waals surface area contributed by atoms with E-state index < -0.39 is 10.0 Å². The predicted molar refractivity (Wildman–Crippen MR) is 79.9 cm³/mol. The van der Waals surface area contributed by atoms with E-state index in [1.54, 1.807) is 28.6 Å². The van der Waals surface area contributed by atoms with Crippen molar-refractivity contribution >= 4 is 21.6 Å². The van der Waals surface area contributed by atoms with Crippen molar-refractivity contribution in [2.45, 2.75) is 30.6 Å². The van der Waals surface area contributed by atoms with Crippen molar-refractivity contribution < 1.29 is 13.2 Å². The van der Waals surface area contributed by atoms with E-state index >= 15 is 0 Å². The Kier molecular flexibility index (Phi) is 5.69. The van der Waals surface area contributed by atoms with Gasteiger partial charge in [-0.3, -0.25) is 0 Å². The summed E-state index contributed by atoms with van der Waals surface area (Å²) >= 11 is 5.54. The highest BCUT2D eigenvalue weighted by atomic mass is 35.5. The van der Waals surface area contributed by atoms with Crippen LogP contribution in [-0.2, 0) is 10.0 Å². The Morgan fingerprint density at radius 2 is 1.65 bits per heavy atom. The molecule has 0 radical (unpaired) electrons. The summed E-state index contributed by atoms with van der Waals surface area (Å²) < 4.78 is 32.0. The fraction of sp³-hybridized carbons (Fsp3) is 0.571. The van der Waals surface area contributed by atoms with Crippen molar-refractivity contribution in [3.63, 3.8) is 0 Å². The molecule has 0 saturated carbocycles. The Hall–Kier alpha value is -0.780. The summed E-state index contributed by atoms with van der Waals surface area (Å²) in [6.45, 7) is 1.65. The van der Waals surface area contributed by atoms with Crippen molar-refractivity contribution in [2.24, 2.45) is 0 Å². The van der Waals surface area contributed by atoms with E-state index in [2.05, 4.69) is 0 Å². The zero-order valence-electron chi connectivity index (χ0n) is 11.4. The molecule has 112 valence electrons. The lowest BCUT2D eigenvalue weighted by atomic mass is 10.2. The quantitative estimate of drug-likeness (QED) is 0.785. The van der Waals surface area contributed by atoms with Crippen LogP contribution in [0.3, 0.4) is 0 Å². The Morgan fingerprint density at radius 1 is 1.05 bits per heavy atom. The van der Waals surface area contributed by atoms with Crippen LogP contribution < -0.4 is 4.74 Å². The largest absolute Gasteiger partial charge is 0.492 e. The smallest absolute Gasteiger partial charge is 0.243 e. The normalized spacial score (nSPS) is 17.6. The van der Waals surface area contributed by atoms with Gasteiger partial charge in [0.15, 0.2) is 0 Å². The molecule has 6 heteroatoms. The maximum atomic E-state index is 12.5. The van der Waals surface area contributed by atoms with Gasteiger partial charge in [0.1, 0.15) is 12.4 Å². The van der Waals surface area contributed by atoms with Crippen LogP contribution in [-0.4, -0.2) is 38.3 Å². The second-order valence-corrected chi connectivity index (χ2v) is 7.14. The fourth-order valence-corrected chi connectivity index (χ4v) is 3.89. The van der Waals surface area contributed by atoms with Crippen LogP contribution in [0.5, 0.6) is 5.75 Å². The highest BCUT2D eigenvalue weighted by Crippen LogP contribution is 2.22. The number of sulfonamides is 1. The van der Waals surface area contributed by atoms with Crippen molar-refractivity contribution in [3.8, 4) is 5.75 Å². The van der Waals surface area contributed by atoms with Crippen LogP contribution in [0.2, 0.25) is 0 Å². The molecule has 0 unspecified atom stereocenters. The van der Waals surface area contributed by atoms with Gasteiger partial charge < -0.3 is 4.74 Å². The molecular formula is C14H20ClNO3S. The Morgan fingerprint density at radius 3 is 2.20 bits per heavy atom. The number of hydrogen-bond acceptors (Lipinski definition) is 3. The fourth-order valence-electron chi connectivity index (χ4n) is 2.30. The average Bonchev–Trinajstić information content (AvgIpc) is 2.75. The molecular weight excluding hydrogens is 298 g/mol. The minimum absolute atomic E-state index is 0.331. The van der Waals surface area contributed by atoms with E-state index in [0.717, 1.165) is 25.7 Å². The molecule has 0 amide bonds. The summed E-state index contributed by atoms with van der Waals surface area (Å²) in [5.41, 5.74) is 0. The summed E-state index contributed by atoms with van der Waals surface area (Å²) in [6, 6.07) is 6.56. The second-order valence-electron chi connectivity index (χ2n) is 4.83. The maximum absolute atomic E-state index is 12.5. The van der Waals surface area contributed by atoms with Crippen LogP contribution in [0, 0.1) is 0 Å². The number of benzene rings is 1. The first-order valence-corrected chi connectivity index (χ1v) is 8.91. The van der Waals surface area contributed by atoms with Gasteiger partial charge in [-0.2, -0.15) is 4.31 Å². The zero-order valence-corrected chi connectivity index (χ0v) is 13.0. The molecule has 1 aliphatic heterocycles. The molecule has 4 nitrogen and oxygen atoms in total. The SMILES string of the molecule is O=S(=O)(c1ccc(OCCCl)cc1)N1CCCCCC1. The van der Waals surface area contributed by atoms with E-state index in [9.17, 15) is 8.42 Å². The first-order valence-electron chi connectivity index (χ1n) is 6.93. The van der Waals surface area contributed by atoms with Gasteiger partial charge in [-0.1, -0.05) is 12.8 Å². The minimum atomic E-state index is -3.37. The maximum Gasteiger partial charge on any atom is 0.243 e. The van der Waals surface area contributed by atoms with Gasteiger partial charge in [0.25, 0.3) is 0 Å². The third-order valence-corrected chi connectivity index (χ3v) is 5.44. The lowest BCUT2D eigenvalue weighted by Gasteiger charge is -2.20. The lowest BCUT2D eigenvalue weighted by Crippen LogP contribution is -2.31. The summed E-state index contributed by atoms with van der Waals surface area (Å²) in [5.74, 6) is 1.05. The van der Waals surface area contributed by atoms with Crippen molar-refractivity contribution in [2.75, 3.05) is 25.6 Å². The lowest BCUT2D eigenvalue weighted by molar-refractivity contribution is 0.342. The molecule has 1 heterocycles. The molecule has 1 fully saturated rings. The molecule has 2 rings (SSSR count). The summed E-state index contributed by atoms with van der Waals surface area (Å²) in [6.07, 6.45) is 4.10. The van der Waals surface area contributed by atoms with Gasteiger partial charge in [0, 0.05) is 13.1 Å². The van der Waals surface area contributed by atoms with Gasteiger partial charge in [-0.25, -0.2) is 8.42 Å². The molecule has 1 aliphatic rings. The molecule has 0 atom stereocenters. The highest BCUT2D eigenvalue weighted by Gasteiger charge is 2.24. The van der Waals surface area contributed by atoms with Gasteiger partial charge >= 0.3 is 0 Å². The van der Waals surface area contributed by atoms with E-state index in [4.69, 9.17) is 16.3 Å². The third kappa shape index (κ3) is 3.87. The average molecular weight is 318 g/mol. The first-order chi connectivity index (χ1) is 9.64. The molecule has 0 spiro atoms. The van der Waals surface area contributed by atoms with Crippen molar-refractivity contribution in [1.29, 1.82) is 0 Å². The van der Waals surface area contributed by atoms with Crippen molar-refractivity contribution in [3.05, 3.63) is 24.3 Å². The number of alkyl halides is 1. The molecule has 0 bridgehead atoms. The molecule has 0 aliphatic carbocycles. The third-order valence-electron chi connectivity index (χ3n) is 3.37. The van der Waals surface area contributed by atoms with Crippen LogP contribution >= 0.6 is 11.6 Å². The van der Waals surface area contributed by atoms with Crippen LogP contribution in [0.1, 0.15) is 25.7 Å². The highest BCUT2D eigenvalue weighted by molar-refractivity contribution is 7.89. The Bertz CT molecular complexity index is 508. The Balaban J connectivity index is 2.12. The van der Waals surface area contributed by atoms with Crippen LogP contribution in [0.4, 0.5) is 0 Å². The topological polar surface area (TPSA) is 46.6 Å². The number of hydrogen-bond donors (Lipinski definition) is 0. The standard InChI is InChI=1S/C14H20ClNO3S/c15-9-12-19-13-5-7-14(8-6-13)20(17,18)16-10-3-1-2-4-11-16/h5-8H,1-4,9-12H2. The monoisotopic (exact) mass is 317 g/mol. The zero-order chi connectivity index (χ0) is 14.4. The summed E-state index contributed by atoms with van der Waals surface area (Å²) in [4.78, 5) is 0.331. The van der Waals surface area contributed by atoms with Gasteiger partial charge in [0.2, 0.25) is 10.0 Å². The van der Waals surface area contributed by atoms with E-state index in [0.29, 0.717) is 36.2 Å². The number of ether oxygens (including phenoxy) is 1. The number of halogens is 1. The van der Waals surface area contributed by atoms with Crippen LogP contribution in [0.15, 0.2) is 29.2 Å². The van der Waals surface area contributed by atoms with E-state index in [1.165, 1.54) is 0 Å². The molecule has 1 saturated heterocycles. The molecule has 1 aromatic rings. The molecule has 0 N–H and O–H groups in total. The minimum Gasteiger partial charge on any atom is -0.492 e. The van der Waals surface area contributed by atoms with Crippen molar-refractivity contribution in [1.82, 2.24) is 4.31 Å². The molecule has 0 aromatic heterocycles. The van der Waals surface area contributed by atoms with E-state index in [1.807, 2.05) is 0 Å². The van der Waals surface area contributed by atoms with Crippen LogP contribution in [0.25, 0.3) is 0 Å².